The number of methoxy groups -OCH3 is 1. The number of benzene rings is 1. The molecule has 2 atom stereocenters. The zero-order chi connectivity index (χ0) is 17.9. The number of amides is 2. The normalized spacial score (nSPS) is 19.1. The molecular weight excluding hydrogens is 328 g/mol. The van der Waals surface area contributed by atoms with Crippen LogP contribution in [-0.2, 0) is 9.59 Å². The molecule has 5 nitrogen and oxygen atoms in total. The summed E-state index contributed by atoms with van der Waals surface area (Å²) < 4.78 is 5.25. The fourth-order valence-corrected chi connectivity index (χ4v) is 2.70. The average Bonchev–Trinajstić information content (AvgIpc) is 3.31. The molecule has 24 heavy (non-hydrogen) atoms. The van der Waals surface area contributed by atoms with E-state index >= 15 is 0 Å². The summed E-state index contributed by atoms with van der Waals surface area (Å²) in [4.78, 5) is 24.4. The highest BCUT2D eigenvalue weighted by Crippen LogP contribution is 2.40. The van der Waals surface area contributed by atoms with E-state index in [0.717, 1.165) is 12.0 Å². The minimum Gasteiger partial charge on any atom is -0.495 e. The lowest BCUT2D eigenvalue weighted by atomic mass is 10.1. The van der Waals surface area contributed by atoms with Gasteiger partial charge in [0, 0.05) is 17.6 Å². The molecule has 1 fully saturated rings. The van der Waals surface area contributed by atoms with Crippen LogP contribution in [0.3, 0.4) is 0 Å². The van der Waals surface area contributed by atoms with E-state index < -0.39 is 0 Å². The number of halogens is 1. The number of carbonyl (C=O) groups is 2. The molecule has 1 aliphatic rings. The van der Waals surface area contributed by atoms with Crippen molar-refractivity contribution in [1.29, 1.82) is 0 Å². The molecule has 2 rings (SSSR count). The van der Waals surface area contributed by atoms with E-state index in [2.05, 4.69) is 24.5 Å². The van der Waals surface area contributed by atoms with E-state index in [1.54, 1.807) is 12.1 Å². The monoisotopic (exact) mass is 352 g/mol. The average molecular weight is 353 g/mol. The number of anilines is 1. The molecule has 0 saturated heterocycles. The van der Waals surface area contributed by atoms with Crippen molar-refractivity contribution >= 4 is 29.1 Å². The zero-order valence-electron chi connectivity index (χ0n) is 14.6. The molecule has 0 heterocycles. The zero-order valence-corrected chi connectivity index (χ0v) is 15.4. The van der Waals surface area contributed by atoms with E-state index in [0.29, 0.717) is 35.3 Å². The van der Waals surface area contributed by atoms with Gasteiger partial charge >= 0.3 is 0 Å². The second-order valence-electron chi connectivity index (χ2n) is 6.71. The Labute approximate surface area is 148 Å². The first-order valence-electron chi connectivity index (χ1n) is 8.26. The lowest BCUT2D eigenvalue weighted by Crippen LogP contribution is -2.28. The molecule has 2 unspecified atom stereocenters. The van der Waals surface area contributed by atoms with Crippen molar-refractivity contribution < 1.29 is 14.3 Å². The molecule has 6 heteroatoms. The van der Waals surface area contributed by atoms with Gasteiger partial charge in [-0.1, -0.05) is 25.4 Å². The SMILES string of the molecule is COc1cc(Cl)c(C)cc1NC(=O)C1CC1C(=O)NCCC(C)C. The minimum absolute atomic E-state index is 0.0324. The molecule has 1 aromatic rings. The molecule has 1 aliphatic carbocycles. The quantitative estimate of drug-likeness (QED) is 0.790. The van der Waals surface area contributed by atoms with Crippen molar-refractivity contribution in [2.24, 2.45) is 17.8 Å². The summed E-state index contributed by atoms with van der Waals surface area (Å²) in [6.07, 6.45) is 1.53. The largest absolute Gasteiger partial charge is 0.495 e. The van der Waals surface area contributed by atoms with E-state index in [1.807, 2.05) is 6.92 Å². The second-order valence-corrected chi connectivity index (χ2v) is 7.12. The smallest absolute Gasteiger partial charge is 0.228 e. The van der Waals surface area contributed by atoms with Gasteiger partial charge in [0.2, 0.25) is 11.8 Å². The predicted octanol–water partition coefficient (Wildman–Crippen LogP) is 3.39. The van der Waals surface area contributed by atoms with Gasteiger partial charge in [0.05, 0.1) is 24.6 Å². The van der Waals surface area contributed by atoms with Crippen molar-refractivity contribution in [3.63, 3.8) is 0 Å². The van der Waals surface area contributed by atoms with Gasteiger partial charge in [0.15, 0.2) is 0 Å². The molecule has 1 saturated carbocycles. The van der Waals surface area contributed by atoms with Crippen LogP contribution in [0.2, 0.25) is 5.02 Å². The van der Waals surface area contributed by atoms with Crippen LogP contribution in [0.15, 0.2) is 12.1 Å². The Hall–Kier alpha value is -1.75. The first kappa shape index (κ1) is 18.6. The van der Waals surface area contributed by atoms with Crippen molar-refractivity contribution in [3.8, 4) is 5.75 Å². The van der Waals surface area contributed by atoms with Crippen LogP contribution < -0.4 is 15.4 Å². The van der Waals surface area contributed by atoms with Crippen molar-refractivity contribution in [3.05, 3.63) is 22.7 Å². The van der Waals surface area contributed by atoms with Gasteiger partial charge < -0.3 is 15.4 Å². The first-order valence-corrected chi connectivity index (χ1v) is 8.64. The summed E-state index contributed by atoms with van der Waals surface area (Å²) in [7, 11) is 1.53. The third-order valence-corrected chi connectivity index (χ3v) is 4.63. The van der Waals surface area contributed by atoms with Gasteiger partial charge in [0.25, 0.3) is 0 Å². The van der Waals surface area contributed by atoms with Gasteiger partial charge in [-0.25, -0.2) is 0 Å². The number of aryl methyl sites for hydroxylation is 1. The lowest BCUT2D eigenvalue weighted by molar-refractivity contribution is -0.125. The highest BCUT2D eigenvalue weighted by Gasteiger charge is 2.48. The summed E-state index contributed by atoms with van der Waals surface area (Å²) in [5, 5.41) is 6.33. The molecule has 2 amide bonds. The molecule has 132 valence electrons. The Kier molecular flexibility index (Phi) is 6.10. The van der Waals surface area contributed by atoms with Crippen LogP contribution in [0, 0.1) is 24.7 Å². The summed E-state index contributed by atoms with van der Waals surface area (Å²) >= 11 is 6.07. The Morgan fingerprint density at radius 1 is 1.29 bits per heavy atom. The predicted molar refractivity (Wildman–Crippen MR) is 95.4 cm³/mol. The topological polar surface area (TPSA) is 67.4 Å². The number of rotatable bonds is 7. The Balaban J connectivity index is 1.91. The van der Waals surface area contributed by atoms with Crippen LogP contribution >= 0.6 is 11.6 Å². The van der Waals surface area contributed by atoms with Crippen LogP contribution in [0.5, 0.6) is 5.75 Å². The maximum atomic E-state index is 12.4. The van der Waals surface area contributed by atoms with Gasteiger partial charge in [-0.05, 0) is 37.3 Å². The Morgan fingerprint density at radius 3 is 2.58 bits per heavy atom. The summed E-state index contributed by atoms with van der Waals surface area (Å²) in [5.74, 6) is 0.372. The van der Waals surface area contributed by atoms with E-state index in [9.17, 15) is 9.59 Å². The number of hydrogen-bond acceptors (Lipinski definition) is 3. The van der Waals surface area contributed by atoms with Gasteiger partial charge in [0.1, 0.15) is 5.75 Å². The van der Waals surface area contributed by atoms with Crippen molar-refractivity contribution in [2.75, 3.05) is 19.0 Å². The lowest BCUT2D eigenvalue weighted by Gasteiger charge is -2.12. The van der Waals surface area contributed by atoms with Crippen LogP contribution in [0.4, 0.5) is 5.69 Å². The van der Waals surface area contributed by atoms with Crippen LogP contribution in [0.25, 0.3) is 0 Å². The van der Waals surface area contributed by atoms with Crippen LogP contribution in [0.1, 0.15) is 32.3 Å². The number of hydrogen-bond donors (Lipinski definition) is 2. The molecule has 1 aromatic carbocycles. The Morgan fingerprint density at radius 2 is 1.96 bits per heavy atom. The highest BCUT2D eigenvalue weighted by molar-refractivity contribution is 6.31. The fraction of sp³-hybridized carbons (Fsp3) is 0.556. The van der Waals surface area contributed by atoms with Gasteiger partial charge in [-0.15, -0.1) is 0 Å². The molecule has 0 radical (unpaired) electrons. The standard InChI is InChI=1S/C18H25ClN2O3/c1-10(2)5-6-20-17(22)12-8-13(12)18(23)21-15-7-11(3)14(19)9-16(15)24-4/h7,9-10,12-13H,5-6,8H2,1-4H3,(H,20,22)(H,21,23). The number of nitrogens with one attached hydrogen (secondary N) is 2. The molecule has 0 bridgehead atoms. The molecule has 2 N–H and O–H groups in total. The fourth-order valence-electron chi connectivity index (χ4n) is 2.54. The van der Waals surface area contributed by atoms with Gasteiger partial charge in [-0.2, -0.15) is 0 Å². The third kappa shape index (κ3) is 4.63. The maximum Gasteiger partial charge on any atom is 0.228 e. The number of carbonyl (C=O) groups excluding carboxylic acids is 2. The van der Waals surface area contributed by atoms with E-state index in [1.165, 1.54) is 7.11 Å². The summed E-state index contributed by atoms with van der Waals surface area (Å²) in [6.45, 7) is 6.74. The maximum absolute atomic E-state index is 12.4. The van der Waals surface area contributed by atoms with Gasteiger partial charge in [-0.3, -0.25) is 9.59 Å². The summed E-state index contributed by atoms with van der Waals surface area (Å²) in [5.41, 5.74) is 1.43. The number of ether oxygens (including phenoxy) is 1. The molecular formula is C18H25ClN2O3. The highest BCUT2D eigenvalue weighted by atomic mass is 35.5. The summed E-state index contributed by atoms with van der Waals surface area (Å²) in [6, 6.07) is 3.45. The van der Waals surface area contributed by atoms with E-state index in [-0.39, 0.29) is 23.7 Å². The van der Waals surface area contributed by atoms with Crippen molar-refractivity contribution in [2.45, 2.75) is 33.6 Å². The van der Waals surface area contributed by atoms with Crippen molar-refractivity contribution in [1.82, 2.24) is 5.32 Å². The Bertz CT molecular complexity index is 631. The minimum atomic E-state index is -0.273. The first-order chi connectivity index (χ1) is 11.3. The third-order valence-electron chi connectivity index (χ3n) is 4.22. The molecule has 0 aromatic heterocycles. The second kappa shape index (κ2) is 7.88. The molecule has 0 spiro atoms. The molecule has 0 aliphatic heterocycles. The van der Waals surface area contributed by atoms with E-state index in [4.69, 9.17) is 16.3 Å². The van der Waals surface area contributed by atoms with Crippen LogP contribution in [-0.4, -0.2) is 25.5 Å².